The monoisotopic (exact) mass is 521 g/mol. The Bertz CT molecular complexity index is 1260. The van der Waals surface area contributed by atoms with E-state index in [0.717, 1.165) is 75.0 Å². The van der Waals surface area contributed by atoms with Gasteiger partial charge in [0, 0.05) is 62.5 Å². The van der Waals surface area contributed by atoms with Crippen molar-refractivity contribution >= 4 is 10.9 Å². The van der Waals surface area contributed by atoms with E-state index in [2.05, 4.69) is 39.6 Å². The Hall–Kier alpha value is -2.45. The Balaban J connectivity index is 1.37. The number of likely N-dealkylation sites (tertiary alicyclic amines) is 1. The van der Waals surface area contributed by atoms with E-state index in [9.17, 15) is 9.50 Å². The van der Waals surface area contributed by atoms with Crippen LogP contribution in [0.5, 0.6) is 5.75 Å². The average Bonchev–Trinajstić information content (AvgIpc) is 3.24. The molecular weight excluding hydrogens is 481 g/mol. The number of hydrogen-bond acceptors (Lipinski definition) is 5. The minimum Gasteiger partial charge on any atom is -0.497 e. The van der Waals surface area contributed by atoms with Crippen LogP contribution in [0.2, 0.25) is 0 Å². The molecule has 3 aliphatic rings. The van der Waals surface area contributed by atoms with E-state index in [4.69, 9.17) is 9.47 Å². The lowest BCUT2D eigenvalue weighted by Crippen LogP contribution is -2.54. The zero-order valence-corrected chi connectivity index (χ0v) is 22.7. The zero-order valence-electron chi connectivity index (χ0n) is 22.7. The van der Waals surface area contributed by atoms with Crippen molar-refractivity contribution in [2.75, 3.05) is 53.1 Å². The molecule has 2 aromatic carbocycles. The van der Waals surface area contributed by atoms with Gasteiger partial charge in [-0.1, -0.05) is 12.1 Å². The van der Waals surface area contributed by atoms with E-state index in [1.807, 2.05) is 12.1 Å². The van der Waals surface area contributed by atoms with E-state index in [1.54, 1.807) is 7.11 Å². The molecule has 0 bridgehead atoms. The third-order valence-corrected chi connectivity index (χ3v) is 9.39. The molecule has 6 rings (SSSR count). The number of aryl methyl sites for hydroxylation is 1. The van der Waals surface area contributed by atoms with E-state index >= 15 is 0 Å². The first kappa shape index (κ1) is 25.8. The Morgan fingerprint density at radius 2 is 1.82 bits per heavy atom. The number of aromatic nitrogens is 1. The predicted octanol–water partition coefficient (Wildman–Crippen LogP) is 4.64. The molecule has 6 nitrogen and oxygen atoms in total. The van der Waals surface area contributed by atoms with Gasteiger partial charge in [0.25, 0.3) is 0 Å². The Kier molecular flexibility index (Phi) is 7.20. The fourth-order valence-electron chi connectivity index (χ4n) is 7.32. The Morgan fingerprint density at radius 1 is 1.08 bits per heavy atom. The highest BCUT2D eigenvalue weighted by atomic mass is 19.1. The van der Waals surface area contributed by atoms with E-state index < -0.39 is 0 Å². The first-order valence-corrected chi connectivity index (χ1v) is 14.1. The molecule has 0 aliphatic carbocycles. The number of hydrogen-bond donors (Lipinski definition) is 1. The van der Waals surface area contributed by atoms with Gasteiger partial charge < -0.3 is 24.0 Å². The maximum absolute atomic E-state index is 13.6. The second kappa shape index (κ2) is 10.6. The lowest BCUT2D eigenvalue weighted by atomic mass is 9.68. The highest BCUT2D eigenvalue weighted by molar-refractivity contribution is 5.88. The molecule has 0 amide bonds. The summed E-state index contributed by atoms with van der Waals surface area (Å²) in [6, 6.07) is 13.1. The first-order valence-electron chi connectivity index (χ1n) is 14.1. The number of aliphatic hydroxyl groups excluding tert-OH is 1. The van der Waals surface area contributed by atoms with Gasteiger partial charge >= 0.3 is 0 Å². The van der Waals surface area contributed by atoms with Crippen molar-refractivity contribution in [3.05, 3.63) is 65.1 Å². The number of nitrogens with zero attached hydrogens (tertiary/aromatic N) is 3. The molecule has 1 aromatic heterocycles. The summed E-state index contributed by atoms with van der Waals surface area (Å²) in [7, 11) is 3.83. The van der Waals surface area contributed by atoms with Crippen molar-refractivity contribution in [3.8, 4) is 5.75 Å². The van der Waals surface area contributed by atoms with Crippen molar-refractivity contribution in [2.24, 2.45) is 13.0 Å². The zero-order chi connectivity index (χ0) is 26.3. The summed E-state index contributed by atoms with van der Waals surface area (Å²) in [5.74, 6) is 1.36. The average molecular weight is 522 g/mol. The number of aliphatic hydroxyl groups is 1. The molecule has 1 atom stereocenters. The fourth-order valence-corrected chi connectivity index (χ4v) is 7.32. The summed E-state index contributed by atoms with van der Waals surface area (Å²) in [6.07, 6.45) is 4.51. The van der Waals surface area contributed by atoms with Gasteiger partial charge in [-0.3, -0.25) is 4.90 Å². The van der Waals surface area contributed by atoms with E-state index in [-0.39, 0.29) is 23.9 Å². The van der Waals surface area contributed by atoms with Crippen LogP contribution in [-0.4, -0.2) is 72.6 Å². The number of ether oxygens (including phenoxy) is 2. The maximum Gasteiger partial charge on any atom is 0.123 e. The molecular formula is C31H40FN3O3. The lowest BCUT2D eigenvalue weighted by molar-refractivity contribution is 0.0248. The number of rotatable bonds is 6. The van der Waals surface area contributed by atoms with Crippen LogP contribution in [0.25, 0.3) is 10.9 Å². The molecule has 2 saturated heterocycles. The maximum atomic E-state index is 13.6. The van der Waals surface area contributed by atoms with Gasteiger partial charge in [0.05, 0.1) is 25.3 Å². The molecule has 38 heavy (non-hydrogen) atoms. The van der Waals surface area contributed by atoms with Crippen LogP contribution in [0.1, 0.15) is 48.5 Å². The van der Waals surface area contributed by atoms with Gasteiger partial charge in [-0.2, -0.15) is 0 Å². The first-order chi connectivity index (χ1) is 18.5. The Labute approximate surface area is 224 Å². The van der Waals surface area contributed by atoms with Gasteiger partial charge in [-0.05, 0) is 80.1 Å². The highest BCUT2D eigenvalue weighted by Crippen LogP contribution is 2.50. The lowest BCUT2D eigenvalue weighted by Gasteiger charge is -2.51. The summed E-state index contributed by atoms with van der Waals surface area (Å²) in [6.45, 7) is 6.73. The van der Waals surface area contributed by atoms with E-state index in [1.165, 1.54) is 41.6 Å². The smallest absolute Gasteiger partial charge is 0.123 e. The molecule has 0 unspecified atom stereocenters. The van der Waals surface area contributed by atoms with Crippen LogP contribution in [0.3, 0.4) is 0 Å². The van der Waals surface area contributed by atoms with Crippen molar-refractivity contribution in [1.82, 2.24) is 14.4 Å². The highest BCUT2D eigenvalue weighted by Gasteiger charge is 2.48. The number of piperidine rings is 1. The van der Waals surface area contributed by atoms with Crippen LogP contribution in [-0.2, 0) is 23.7 Å². The minimum absolute atomic E-state index is 0.00130. The number of methoxy groups -OCH3 is 1. The second-order valence-electron chi connectivity index (χ2n) is 11.6. The van der Waals surface area contributed by atoms with Crippen molar-refractivity contribution in [2.45, 2.75) is 43.7 Å². The van der Waals surface area contributed by atoms with Crippen LogP contribution in [0.15, 0.2) is 42.5 Å². The number of fused-ring (bicyclic) bond motifs is 4. The normalized spacial score (nSPS) is 22.7. The fraction of sp³-hybridized carbons (Fsp3) is 0.548. The number of benzene rings is 2. The minimum atomic E-state index is -0.218. The molecule has 1 spiro atoms. The van der Waals surface area contributed by atoms with Crippen molar-refractivity contribution in [3.63, 3.8) is 0 Å². The quantitative estimate of drug-likeness (QED) is 0.513. The standard InChI is InChI=1S/C31H40FN3O3/c1-33-27-17-25(37-2)7-8-26(27)29-30(33)28(20-36)35(19-22-3-5-24(32)6-4-22)21-31(29)11-13-34(14-12-31)18-23-9-15-38-16-10-23/h3-8,17,23,28,36H,9-16,18-21H2,1-2H3/t28-/m1/s1. The number of halogens is 1. The SMILES string of the molecule is COc1ccc2c3c(n(C)c2c1)[C@@H](CO)N(Cc1ccc(F)cc1)CC31CCN(CC2CCOCC2)CC1. The van der Waals surface area contributed by atoms with Gasteiger partial charge in [0.15, 0.2) is 0 Å². The van der Waals surface area contributed by atoms with Gasteiger partial charge in [0.1, 0.15) is 11.6 Å². The topological polar surface area (TPSA) is 50.1 Å². The van der Waals surface area contributed by atoms with E-state index in [0.29, 0.717) is 6.54 Å². The molecule has 7 heteroatoms. The molecule has 0 saturated carbocycles. The summed E-state index contributed by atoms with van der Waals surface area (Å²) in [5, 5.41) is 12.0. The molecule has 2 fully saturated rings. The second-order valence-corrected chi connectivity index (χ2v) is 11.6. The van der Waals surface area contributed by atoms with Gasteiger partial charge in [-0.15, -0.1) is 0 Å². The summed E-state index contributed by atoms with van der Waals surface area (Å²) in [4.78, 5) is 5.09. The Morgan fingerprint density at radius 3 is 2.50 bits per heavy atom. The summed E-state index contributed by atoms with van der Waals surface area (Å²) >= 11 is 0. The van der Waals surface area contributed by atoms with Crippen LogP contribution >= 0.6 is 0 Å². The van der Waals surface area contributed by atoms with Crippen molar-refractivity contribution in [1.29, 1.82) is 0 Å². The molecule has 0 radical (unpaired) electrons. The van der Waals surface area contributed by atoms with Gasteiger partial charge in [0.2, 0.25) is 0 Å². The molecule has 4 heterocycles. The summed E-state index contributed by atoms with van der Waals surface area (Å²) < 4.78 is 27.1. The molecule has 204 valence electrons. The largest absolute Gasteiger partial charge is 0.497 e. The molecule has 3 aromatic rings. The van der Waals surface area contributed by atoms with Crippen LogP contribution < -0.4 is 4.74 Å². The van der Waals surface area contributed by atoms with Crippen LogP contribution in [0.4, 0.5) is 4.39 Å². The predicted molar refractivity (Wildman–Crippen MR) is 147 cm³/mol. The summed E-state index contributed by atoms with van der Waals surface area (Å²) in [5.41, 5.74) is 4.85. The van der Waals surface area contributed by atoms with Crippen molar-refractivity contribution < 1.29 is 19.0 Å². The van der Waals surface area contributed by atoms with Gasteiger partial charge in [-0.25, -0.2) is 4.39 Å². The third-order valence-electron chi connectivity index (χ3n) is 9.39. The van der Waals surface area contributed by atoms with Crippen LogP contribution in [0, 0.1) is 11.7 Å². The molecule has 3 aliphatic heterocycles. The molecule has 1 N–H and O–H groups in total. The third kappa shape index (κ3) is 4.64.